The number of carbonyl (C=O) groups is 1. The van der Waals surface area contributed by atoms with Crippen molar-refractivity contribution in [1.29, 1.82) is 0 Å². The Morgan fingerprint density at radius 1 is 0.952 bits per heavy atom. The fourth-order valence-electron chi connectivity index (χ4n) is 1.87. The van der Waals surface area contributed by atoms with Crippen LogP contribution in [0.5, 0.6) is 0 Å². The lowest BCUT2D eigenvalue weighted by Gasteiger charge is -2.18. The molecule has 0 aliphatic carbocycles. The predicted octanol–water partition coefficient (Wildman–Crippen LogP) is 3.69. The van der Waals surface area contributed by atoms with Gasteiger partial charge in [0.05, 0.1) is 0 Å². The number of hydrogen-bond acceptors (Lipinski definition) is 3. The summed E-state index contributed by atoms with van der Waals surface area (Å²) in [6, 6.07) is 16.7. The Hall–Kier alpha value is -1.46. The molecule has 0 fully saturated rings. The van der Waals surface area contributed by atoms with E-state index in [4.69, 9.17) is 0 Å². The number of ketones is 1. The number of halogens is 1. The van der Waals surface area contributed by atoms with E-state index in [9.17, 15) is 13.2 Å². The number of alkyl halides is 1. The van der Waals surface area contributed by atoms with Gasteiger partial charge >= 0.3 is 0 Å². The van der Waals surface area contributed by atoms with Gasteiger partial charge in [0.1, 0.15) is 0 Å². The molecule has 3 nitrogen and oxygen atoms in total. The molecule has 110 valence electrons. The van der Waals surface area contributed by atoms with Gasteiger partial charge in [-0.3, -0.25) is 4.79 Å². The Labute approximate surface area is 133 Å². The minimum atomic E-state index is -3.54. The highest BCUT2D eigenvalue weighted by atomic mass is 79.9. The summed E-state index contributed by atoms with van der Waals surface area (Å²) in [5, 5.41) is 0. The molecule has 0 aromatic heterocycles. The third-order valence-electron chi connectivity index (χ3n) is 3.36. The Balaban J connectivity index is 2.34. The number of rotatable bonds is 4. The maximum atomic E-state index is 12.3. The minimum Gasteiger partial charge on any atom is -0.291 e. The molecule has 0 unspecified atom stereocenters. The maximum absolute atomic E-state index is 12.3. The lowest BCUT2D eigenvalue weighted by Crippen LogP contribution is -2.36. The summed E-state index contributed by atoms with van der Waals surface area (Å²) in [6.07, 6.45) is 1.04. The topological polar surface area (TPSA) is 51.2 Å². The zero-order valence-corrected chi connectivity index (χ0v) is 14.1. The molecule has 2 rings (SSSR count). The molecule has 0 amide bonds. The second kappa shape index (κ2) is 5.73. The van der Waals surface area contributed by atoms with Crippen molar-refractivity contribution in [1.82, 2.24) is 0 Å². The normalized spacial score (nSPS) is 14.4. The zero-order valence-electron chi connectivity index (χ0n) is 11.7. The number of Topliss-reactive ketones (excluding diaryl/α,β-unsaturated/α-hetero) is 1. The van der Waals surface area contributed by atoms with Crippen LogP contribution in [0.2, 0.25) is 0 Å². The quantitative estimate of drug-likeness (QED) is 0.612. The van der Waals surface area contributed by atoms with Crippen LogP contribution in [0.25, 0.3) is 11.1 Å². The molecule has 5 heteroatoms. The van der Waals surface area contributed by atoms with Crippen LogP contribution in [-0.2, 0) is 9.84 Å². The average Bonchev–Trinajstić information content (AvgIpc) is 2.46. The van der Waals surface area contributed by atoms with Gasteiger partial charge in [-0.2, -0.15) is 0 Å². The van der Waals surface area contributed by atoms with E-state index < -0.39 is 19.3 Å². The molecule has 2 aromatic rings. The second-order valence-corrected chi connectivity index (χ2v) is 9.43. The van der Waals surface area contributed by atoms with Crippen molar-refractivity contribution >= 4 is 31.6 Å². The van der Waals surface area contributed by atoms with Crippen LogP contribution in [0.3, 0.4) is 0 Å². The smallest absolute Gasteiger partial charge is 0.194 e. The highest BCUT2D eigenvalue weighted by Crippen LogP contribution is 2.29. The highest BCUT2D eigenvalue weighted by Gasteiger charge is 2.41. The molecule has 0 radical (unpaired) electrons. The SMILES string of the molecule is C[C@@](Br)(C(=O)c1ccc(-c2ccccc2)cc1)S(C)(=O)=O. The van der Waals surface area contributed by atoms with E-state index in [0.717, 1.165) is 17.4 Å². The van der Waals surface area contributed by atoms with Gasteiger partial charge in [-0.1, -0.05) is 70.5 Å². The molecule has 0 aliphatic heterocycles. The predicted molar refractivity (Wildman–Crippen MR) is 88.4 cm³/mol. The molecule has 0 bridgehead atoms. The number of carbonyl (C=O) groups excluding carboxylic acids is 1. The van der Waals surface area contributed by atoms with Crippen molar-refractivity contribution in [2.45, 2.75) is 10.6 Å². The molecule has 0 saturated carbocycles. The van der Waals surface area contributed by atoms with Crippen LogP contribution < -0.4 is 0 Å². The summed E-state index contributed by atoms with van der Waals surface area (Å²) >= 11 is 3.03. The van der Waals surface area contributed by atoms with Crippen molar-refractivity contribution in [2.24, 2.45) is 0 Å². The first-order valence-corrected chi connectivity index (χ1v) is 9.01. The average molecular weight is 367 g/mol. The van der Waals surface area contributed by atoms with Crippen LogP contribution in [0.4, 0.5) is 0 Å². The third-order valence-corrected chi connectivity index (χ3v) is 7.06. The summed E-state index contributed by atoms with van der Waals surface area (Å²) in [7, 11) is -3.54. The standard InChI is InChI=1S/C16H15BrO3S/c1-16(17,21(2,19)20)15(18)14-10-8-13(9-11-14)12-6-4-3-5-7-12/h3-11H,1-2H3/t16-/m0/s1. The van der Waals surface area contributed by atoms with Crippen LogP contribution in [0.15, 0.2) is 54.6 Å². The van der Waals surface area contributed by atoms with Gasteiger partial charge in [0.2, 0.25) is 0 Å². The van der Waals surface area contributed by atoms with Crippen LogP contribution in [0.1, 0.15) is 17.3 Å². The molecule has 2 aromatic carbocycles. The Morgan fingerprint density at radius 3 is 1.90 bits per heavy atom. The molecular formula is C16H15BrO3S. The van der Waals surface area contributed by atoms with Crippen molar-refractivity contribution in [3.05, 3.63) is 60.2 Å². The van der Waals surface area contributed by atoms with Crippen LogP contribution in [0, 0.1) is 0 Å². The largest absolute Gasteiger partial charge is 0.291 e. The molecule has 21 heavy (non-hydrogen) atoms. The maximum Gasteiger partial charge on any atom is 0.194 e. The van der Waals surface area contributed by atoms with Crippen LogP contribution in [-0.4, -0.2) is 24.1 Å². The van der Waals surface area contributed by atoms with Gasteiger partial charge in [-0.25, -0.2) is 8.42 Å². The molecule has 0 spiro atoms. The van der Waals surface area contributed by atoms with Gasteiger partial charge in [0.25, 0.3) is 0 Å². The Kier molecular flexibility index (Phi) is 4.35. The van der Waals surface area contributed by atoms with Crippen molar-refractivity contribution in [3.63, 3.8) is 0 Å². The van der Waals surface area contributed by atoms with E-state index >= 15 is 0 Å². The van der Waals surface area contributed by atoms with Crippen molar-refractivity contribution in [3.8, 4) is 11.1 Å². The lowest BCUT2D eigenvalue weighted by molar-refractivity contribution is 0.0983. The zero-order chi connectivity index (χ0) is 15.7. The Bertz CT molecular complexity index is 748. The molecular weight excluding hydrogens is 352 g/mol. The summed E-state index contributed by atoms with van der Waals surface area (Å²) in [5.41, 5.74) is 2.38. The third kappa shape index (κ3) is 3.24. The monoisotopic (exact) mass is 366 g/mol. The number of benzene rings is 2. The summed E-state index contributed by atoms with van der Waals surface area (Å²) < 4.78 is 21.8. The fraction of sp³-hybridized carbons (Fsp3) is 0.188. The summed E-state index contributed by atoms with van der Waals surface area (Å²) in [5.74, 6) is -0.468. The first kappa shape index (κ1) is 15.9. The summed E-state index contributed by atoms with van der Waals surface area (Å²) in [4.78, 5) is 12.3. The lowest BCUT2D eigenvalue weighted by atomic mass is 10.0. The molecule has 0 heterocycles. The van der Waals surface area contributed by atoms with E-state index in [1.807, 2.05) is 42.5 Å². The molecule has 0 aliphatic rings. The van der Waals surface area contributed by atoms with Crippen molar-refractivity contribution < 1.29 is 13.2 Å². The second-order valence-electron chi connectivity index (χ2n) is 4.96. The molecule has 1 atom stereocenters. The van der Waals surface area contributed by atoms with Crippen LogP contribution >= 0.6 is 15.9 Å². The van der Waals surface area contributed by atoms with E-state index in [1.54, 1.807) is 12.1 Å². The first-order valence-electron chi connectivity index (χ1n) is 6.32. The van der Waals surface area contributed by atoms with Gasteiger partial charge in [-0.15, -0.1) is 0 Å². The number of sulfone groups is 1. The van der Waals surface area contributed by atoms with E-state index in [-0.39, 0.29) is 0 Å². The van der Waals surface area contributed by atoms with E-state index in [0.29, 0.717) is 5.56 Å². The Morgan fingerprint density at radius 2 is 1.43 bits per heavy atom. The van der Waals surface area contributed by atoms with E-state index in [1.165, 1.54) is 6.92 Å². The molecule has 0 N–H and O–H groups in total. The van der Waals surface area contributed by atoms with Gasteiger partial charge < -0.3 is 0 Å². The number of hydrogen-bond donors (Lipinski definition) is 0. The fourth-order valence-corrected chi connectivity index (χ4v) is 2.55. The molecule has 0 saturated heterocycles. The minimum absolute atomic E-state index is 0.361. The highest BCUT2D eigenvalue weighted by molar-refractivity contribution is 9.12. The van der Waals surface area contributed by atoms with Gasteiger partial charge in [0, 0.05) is 11.8 Å². The summed E-state index contributed by atoms with van der Waals surface area (Å²) in [6.45, 7) is 1.36. The van der Waals surface area contributed by atoms with E-state index in [2.05, 4.69) is 15.9 Å². The first-order chi connectivity index (χ1) is 9.73. The van der Waals surface area contributed by atoms with Crippen molar-refractivity contribution in [2.75, 3.05) is 6.26 Å². The van der Waals surface area contributed by atoms with Gasteiger partial charge in [-0.05, 0) is 18.1 Å². The van der Waals surface area contributed by atoms with Gasteiger partial charge in [0.15, 0.2) is 19.3 Å².